The predicted octanol–water partition coefficient (Wildman–Crippen LogP) is 0.784. The van der Waals surface area contributed by atoms with E-state index >= 15 is 0 Å². The van der Waals surface area contributed by atoms with Crippen molar-refractivity contribution in [3.05, 3.63) is 0 Å². The number of nitrogens with zero attached hydrogens (tertiary/aromatic N) is 2. The maximum absolute atomic E-state index is 12.4. The highest BCUT2D eigenvalue weighted by Crippen LogP contribution is 2.16. The Morgan fingerprint density at radius 1 is 1.47 bits per heavy atom. The fourth-order valence-corrected chi connectivity index (χ4v) is 0.646. The van der Waals surface area contributed by atoms with Gasteiger partial charge in [0.15, 0.2) is 0 Å². The molecule has 0 aliphatic rings. The van der Waals surface area contributed by atoms with Crippen molar-refractivity contribution in [2.75, 3.05) is 20.2 Å². The van der Waals surface area contributed by atoms with Gasteiger partial charge in [-0.1, -0.05) is 0 Å². The molecule has 90 valence electrons. The number of hydrazine groups is 1. The van der Waals surface area contributed by atoms with Crippen LogP contribution in [0.1, 0.15) is 13.8 Å². The number of alkyl halides is 3. The highest BCUT2D eigenvalue weighted by molar-refractivity contribution is 5.87. The molecule has 7 heteroatoms. The first kappa shape index (κ1) is 14.2. The van der Waals surface area contributed by atoms with Gasteiger partial charge in [0.25, 0.3) is 0 Å². The lowest BCUT2D eigenvalue weighted by atomic mass is 10.4. The molecule has 15 heavy (non-hydrogen) atoms. The van der Waals surface area contributed by atoms with E-state index in [0.29, 0.717) is 0 Å². The molecule has 0 heterocycles. The average molecular weight is 227 g/mol. The molecule has 0 saturated carbocycles. The third kappa shape index (κ3) is 5.58. The van der Waals surface area contributed by atoms with Gasteiger partial charge in [-0.05, 0) is 13.8 Å². The van der Waals surface area contributed by atoms with Gasteiger partial charge in [0.2, 0.25) is 5.84 Å². The number of hydrogen-bond donors (Lipinski definition) is 2. The monoisotopic (exact) mass is 227 g/mol. The number of halogens is 3. The van der Waals surface area contributed by atoms with Crippen LogP contribution in [0.3, 0.4) is 0 Å². The van der Waals surface area contributed by atoms with Gasteiger partial charge in [-0.2, -0.15) is 13.2 Å². The van der Waals surface area contributed by atoms with Crippen LogP contribution in [0.25, 0.3) is 0 Å². The van der Waals surface area contributed by atoms with E-state index in [1.54, 1.807) is 13.8 Å². The maximum Gasteiger partial charge on any atom is 0.450 e. The number of aliphatic imine (C=N–C) groups is 1. The van der Waals surface area contributed by atoms with E-state index in [2.05, 4.69) is 10.4 Å². The summed E-state index contributed by atoms with van der Waals surface area (Å²) < 4.78 is 37.1. The van der Waals surface area contributed by atoms with E-state index in [1.807, 2.05) is 0 Å². The summed E-state index contributed by atoms with van der Waals surface area (Å²) in [5.41, 5.74) is 2.14. The first-order chi connectivity index (χ1) is 6.79. The van der Waals surface area contributed by atoms with Gasteiger partial charge in [0, 0.05) is 13.1 Å². The van der Waals surface area contributed by atoms with Crippen LogP contribution in [-0.2, 0) is 0 Å². The molecule has 4 nitrogen and oxygen atoms in total. The van der Waals surface area contributed by atoms with Crippen LogP contribution in [0.15, 0.2) is 4.99 Å². The molecule has 0 fully saturated rings. The zero-order valence-corrected chi connectivity index (χ0v) is 8.97. The maximum atomic E-state index is 12.4. The van der Waals surface area contributed by atoms with E-state index in [4.69, 9.17) is 5.11 Å². The zero-order chi connectivity index (χ0) is 12.1. The molecule has 0 aliphatic heterocycles. The van der Waals surface area contributed by atoms with Crippen molar-refractivity contribution >= 4 is 5.84 Å². The topological polar surface area (TPSA) is 47.9 Å². The summed E-state index contributed by atoms with van der Waals surface area (Å²) in [4.78, 5) is 3.22. The standard InChI is InChI=1S/C8H16F3N3O/c1-6(2)14(3)13-7(8(9,10)11)12-4-5-15/h6,15H,4-5H2,1-3H3,(H,12,13). The Bertz CT molecular complexity index is 216. The third-order valence-corrected chi connectivity index (χ3v) is 1.70. The minimum Gasteiger partial charge on any atom is -0.394 e. The van der Waals surface area contributed by atoms with Crippen LogP contribution in [-0.4, -0.2) is 48.4 Å². The van der Waals surface area contributed by atoms with Crippen molar-refractivity contribution in [3.63, 3.8) is 0 Å². The Morgan fingerprint density at radius 2 is 2.00 bits per heavy atom. The van der Waals surface area contributed by atoms with Crippen LogP contribution in [0.2, 0.25) is 0 Å². The van der Waals surface area contributed by atoms with Gasteiger partial charge < -0.3 is 5.11 Å². The summed E-state index contributed by atoms with van der Waals surface area (Å²) >= 11 is 0. The molecule has 0 aromatic heterocycles. The molecule has 0 aromatic rings. The lowest BCUT2D eigenvalue weighted by molar-refractivity contribution is -0.0659. The second-order valence-corrected chi connectivity index (χ2v) is 3.27. The molecule has 0 atom stereocenters. The first-order valence-corrected chi connectivity index (χ1v) is 4.51. The summed E-state index contributed by atoms with van der Waals surface area (Å²) in [5.74, 6) is -1.09. The summed E-state index contributed by atoms with van der Waals surface area (Å²) in [6, 6.07) is -0.0910. The van der Waals surface area contributed by atoms with Crippen molar-refractivity contribution in [1.82, 2.24) is 10.4 Å². The van der Waals surface area contributed by atoms with Gasteiger partial charge in [0.1, 0.15) is 0 Å². The van der Waals surface area contributed by atoms with Gasteiger partial charge in [0.05, 0.1) is 13.2 Å². The molecule has 0 spiro atoms. The van der Waals surface area contributed by atoms with Gasteiger partial charge in [-0.15, -0.1) is 0 Å². The summed E-state index contributed by atoms with van der Waals surface area (Å²) in [5, 5.41) is 9.70. The van der Waals surface area contributed by atoms with E-state index < -0.39 is 18.6 Å². The number of aliphatic hydroxyl groups is 1. The highest BCUT2D eigenvalue weighted by Gasteiger charge is 2.36. The van der Waals surface area contributed by atoms with E-state index in [0.717, 1.165) is 0 Å². The quantitative estimate of drug-likeness (QED) is 0.424. The Kier molecular flexibility index (Phi) is 5.59. The van der Waals surface area contributed by atoms with Crippen molar-refractivity contribution in [3.8, 4) is 0 Å². The molecular weight excluding hydrogens is 211 g/mol. The average Bonchev–Trinajstić information content (AvgIpc) is 2.09. The largest absolute Gasteiger partial charge is 0.450 e. The number of nitrogens with one attached hydrogen (secondary N) is 1. The van der Waals surface area contributed by atoms with Crippen LogP contribution >= 0.6 is 0 Å². The molecule has 2 N–H and O–H groups in total. The Hall–Kier alpha value is -0.820. The molecule has 0 bridgehead atoms. The molecular formula is C8H16F3N3O. The molecule has 0 saturated heterocycles. The van der Waals surface area contributed by atoms with Crippen LogP contribution < -0.4 is 5.43 Å². The minimum atomic E-state index is -4.53. The van der Waals surface area contributed by atoms with Crippen LogP contribution in [0, 0.1) is 0 Å². The van der Waals surface area contributed by atoms with Crippen molar-refractivity contribution in [1.29, 1.82) is 0 Å². The molecule has 0 unspecified atom stereocenters. The summed E-state index contributed by atoms with van der Waals surface area (Å²) in [7, 11) is 1.49. The zero-order valence-electron chi connectivity index (χ0n) is 8.97. The number of aliphatic hydroxyl groups excluding tert-OH is 1. The molecule has 0 radical (unpaired) electrons. The van der Waals surface area contributed by atoms with E-state index in [1.165, 1.54) is 12.1 Å². The van der Waals surface area contributed by atoms with Crippen LogP contribution in [0.5, 0.6) is 0 Å². The third-order valence-electron chi connectivity index (χ3n) is 1.70. The van der Waals surface area contributed by atoms with Crippen molar-refractivity contribution in [2.24, 2.45) is 4.99 Å². The minimum absolute atomic E-state index is 0.0910. The van der Waals surface area contributed by atoms with Gasteiger partial charge in [-0.25, -0.2) is 5.01 Å². The summed E-state index contributed by atoms with van der Waals surface area (Å²) in [6.07, 6.45) is -4.53. The SMILES string of the molecule is CC(C)N(C)NC(=NCCO)C(F)(F)F. The fourth-order valence-electron chi connectivity index (χ4n) is 0.646. The lowest BCUT2D eigenvalue weighted by Gasteiger charge is -2.24. The lowest BCUT2D eigenvalue weighted by Crippen LogP contribution is -2.49. The van der Waals surface area contributed by atoms with E-state index in [9.17, 15) is 13.2 Å². The van der Waals surface area contributed by atoms with Crippen molar-refractivity contribution < 1.29 is 18.3 Å². The second kappa shape index (κ2) is 5.92. The number of rotatable bonds is 4. The molecule has 0 rings (SSSR count). The summed E-state index contributed by atoms with van der Waals surface area (Å²) in [6.45, 7) is 2.81. The Labute approximate surface area is 86.8 Å². The Balaban J connectivity index is 4.53. The normalized spacial score (nSPS) is 13.8. The molecule has 0 amide bonds. The van der Waals surface area contributed by atoms with Crippen molar-refractivity contribution in [2.45, 2.75) is 26.1 Å². The van der Waals surface area contributed by atoms with Gasteiger partial charge in [-0.3, -0.25) is 10.4 Å². The van der Waals surface area contributed by atoms with Crippen LogP contribution in [0.4, 0.5) is 13.2 Å². The number of hydrogen-bond acceptors (Lipinski definition) is 3. The Morgan fingerprint density at radius 3 is 2.33 bits per heavy atom. The highest BCUT2D eigenvalue weighted by atomic mass is 19.4. The fraction of sp³-hybridized carbons (Fsp3) is 0.875. The first-order valence-electron chi connectivity index (χ1n) is 4.51. The predicted molar refractivity (Wildman–Crippen MR) is 51.5 cm³/mol. The van der Waals surface area contributed by atoms with Gasteiger partial charge >= 0.3 is 6.18 Å². The number of amidine groups is 1. The second-order valence-electron chi connectivity index (χ2n) is 3.27. The molecule has 0 aromatic carbocycles. The smallest absolute Gasteiger partial charge is 0.394 e. The van der Waals surface area contributed by atoms with E-state index in [-0.39, 0.29) is 12.6 Å². The molecule has 0 aliphatic carbocycles.